The van der Waals surface area contributed by atoms with Gasteiger partial charge in [-0.3, -0.25) is 10.2 Å². The van der Waals surface area contributed by atoms with Gasteiger partial charge in [-0.1, -0.05) is 60.0 Å². The number of rotatable bonds is 5. The van der Waals surface area contributed by atoms with E-state index >= 15 is 0 Å². The van der Waals surface area contributed by atoms with Crippen molar-refractivity contribution in [3.63, 3.8) is 0 Å². The molecule has 0 aliphatic carbocycles. The van der Waals surface area contributed by atoms with Crippen molar-refractivity contribution in [2.45, 2.75) is 52.6 Å². The number of aryl methyl sites for hydroxylation is 1. The second kappa shape index (κ2) is 10.8. The van der Waals surface area contributed by atoms with E-state index in [9.17, 15) is 9.59 Å². The summed E-state index contributed by atoms with van der Waals surface area (Å²) in [5, 5.41) is 2.44. The summed E-state index contributed by atoms with van der Waals surface area (Å²) in [5.74, 6) is -1.19. The van der Waals surface area contributed by atoms with Crippen molar-refractivity contribution in [1.82, 2.24) is 20.4 Å². The number of benzene rings is 2. The molecule has 0 saturated carbocycles. The molecule has 36 heavy (non-hydrogen) atoms. The summed E-state index contributed by atoms with van der Waals surface area (Å²) in [6.45, 7) is 8.80. The number of halogens is 1. The highest BCUT2D eigenvalue weighted by Crippen LogP contribution is 2.32. The summed E-state index contributed by atoms with van der Waals surface area (Å²) in [6.07, 6.45) is 3.12. The van der Waals surface area contributed by atoms with E-state index in [0.717, 1.165) is 49.0 Å². The lowest BCUT2D eigenvalue weighted by Crippen LogP contribution is -2.46. The Kier molecular flexibility index (Phi) is 7.71. The van der Waals surface area contributed by atoms with Crippen LogP contribution in [0.15, 0.2) is 48.5 Å². The Hall–Kier alpha value is -3.29. The van der Waals surface area contributed by atoms with E-state index in [4.69, 9.17) is 26.3 Å². The van der Waals surface area contributed by atoms with Gasteiger partial charge in [-0.05, 0) is 52.7 Å². The number of aromatic nitrogens is 2. The van der Waals surface area contributed by atoms with Crippen LogP contribution < -0.4 is 5.43 Å². The maximum atomic E-state index is 13.5. The summed E-state index contributed by atoms with van der Waals surface area (Å²) in [7, 11) is 0. The van der Waals surface area contributed by atoms with Gasteiger partial charge < -0.3 is 4.74 Å². The molecule has 2 heterocycles. The van der Waals surface area contributed by atoms with Crippen molar-refractivity contribution in [3.05, 3.63) is 70.5 Å². The first-order chi connectivity index (χ1) is 17.1. The Labute approximate surface area is 216 Å². The molecule has 7 nitrogen and oxygen atoms in total. The number of ether oxygens (including phenoxy) is 1. The third-order valence-corrected chi connectivity index (χ3v) is 6.01. The number of nitrogens with one attached hydrogen (secondary N) is 1. The van der Waals surface area contributed by atoms with Crippen LogP contribution in [0.1, 0.15) is 66.6 Å². The lowest BCUT2D eigenvalue weighted by Gasteiger charge is -2.27. The first-order valence-corrected chi connectivity index (χ1v) is 12.5. The standard InChI is InChI=1S/C28H31ClN4O3/c1-18-8-10-19(11-9-18)22-23(20-12-14-21(29)15-13-20)31-25(27(35)36-28(2,3)4)24(30-22)26(34)32-33-16-6-5-7-17-33/h8-15H,5-7,16-17H2,1-4H3,(H,32,34). The van der Waals surface area contributed by atoms with E-state index in [1.54, 1.807) is 32.9 Å². The van der Waals surface area contributed by atoms with E-state index in [-0.39, 0.29) is 11.4 Å². The second-order valence-corrected chi connectivity index (χ2v) is 10.4. The van der Waals surface area contributed by atoms with Crippen molar-refractivity contribution in [2.75, 3.05) is 13.1 Å². The van der Waals surface area contributed by atoms with Crippen molar-refractivity contribution in [1.29, 1.82) is 0 Å². The molecule has 0 radical (unpaired) electrons. The van der Waals surface area contributed by atoms with Gasteiger partial charge in [0.15, 0.2) is 11.4 Å². The Balaban J connectivity index is 1.88. The minimum atomic E-state index is -0.768. The molecule has 0 spiro atoms. The van der Waals surface area contributed by atoms with Crippen molar-refractivity contribution in [2.24, 2.45) is 0 Å². The molecule has 0 bridgehead atoms. The quantitative estimate of drug-likeness (QED) is 0.436. The SMILES string of the molecule is Cc1ccc(-c2nc(C(=O)NN3CCCCC3)c(C(=O)OC(C)(C)C)nc2-c2ccc(Cl)cc2)cc1. The smallest absolute Gasteiger partial charge is 0.359 e. The van der Waals surface area contributed by atoms with Crippen LogP contribution in [0.4, 0.5) is 0 Å². The fourth-order valence-electron chi connectivity index (χ4n) is 3.99. The number of carbonyl (C=O) groups excluding carboxylic acids is 2. The third kappa shape index (κ3) is 6.28. The highest BCUT2D eigenvalue weighted by molar-refractivity contribution is 6.30. The molecule has 2 aromatic carbocycles. The zero-order valence-corrected chi connectivity index (χ0v) is 21.9. The van der Waals surface area contributed by atoms with Crippen molar-refractivity contribution >= 4 is 23.5 Å². The van der Waals surface area contributed by atoms with Crippen molar-refractivity contribution < 1.29 is 14.3 Å². The van der Waals surface area contributed by atoms with Gasteiger partial charge in [-0.15, -0.1) is 0 Å². The van der Waals surface area contributed by atoms with E-state index in [2.05, 4.69) is 5.43 Å². The number of carbonyl (C=O) groups is 2. The molecule has 1 fully saturated rings. The van der Waals surface area contributed by atoms with Crippen molar-refractivity contribution in [3.8, 4) is 22.5 Å². The zero-order chi connectivity index (χ0) is 25.9. The molecule has 1 aromatic heterocycles. The van der Waals surface area contributed by atoms with Crippen LogP contribution in [-0.2, 0) is 4.74 Å². The summed E-state index contributed by atoms with van der Waals surface area (Å²) < 4.78 is 5.62. The van der Waals surface area contributed by atoms with E-state index in [1.807, 2.05) is 48.3 Å². The molecule has 3 aromatic rings. The van der Waals surface area contributed by atoms with E-state index in [0.29, 0.717) is 16.4 Å². The van der Waals surface area contributed by atoms with Gasteiger partial charge in [0.25, 0.3) is 5.91 Å². The second-order valence-electron chi connectivity index (χ2n) is 9.98. The third-order valence-electron chi connectivity index (χ3n) is 5.76. The van der Waals surface area contributed by atoms with E-state index in [1.165, 1.54) is 0 Å². The Morgan fingerprint density at radius 1 is 0.861 bits per heavy atom. The topological polar surface area (TPSA) is 84.4 Å². The average Bonchev–Trinajstić information content (AvgIpc) is 2.84. The van der Waals surface area contributed by atoms with Crippen LogP contribution in [0, 0.1) is 6.92 Å². The van der Waals surface area contributed by atoms with Crippen LogP contribution in [0.5, 0.6) is 0 Å². The predicted octanol–water partition coefficient (Wildman–Crippen LogP) is 5.86. The van der Waals surface area contributed by atoms with Crippen LogP contribution in [0.3, 0.4) is 0 Å². The van der Waals surface area contributed by atoms with Gasteiger partial charge in [-0.25, -0.2) is 19.8 Å². The number of hydrogen-bond donors (Lipinski definition) is 1. The number of nitrogens with zero attached hydrogens (tertiary/aromatic N) is 3. The molecular formula is C28H31ClN4O3. The molecule has 1 saturated heterocycles. The highest BCUT2D eigenvalue weighted by Gasteiger charge is 2.30. The molecule has 1 aliphatic heterocycles. The van der Waals surface area contributed by atoms with Gasteiger partial charge in [0.1, 0.15) is 5.60 Å². The van der Waals surface area contributed by atoms with Crippen LogP contribution in [0.25, 0.3) is 22.5 Å². The first-order valence-electron chi connectivity index (χ1n) is 12.1. The molecule has 8 heteroatoms. The molecule has 188 valence electrons. The number of hydrogen-bond acceptors (Lipinski definition) is 6. The number of piperidine rings is 1. The van der Waals surface area contributed by atoms with Gasteiger partial charge in [0, 0.05) is 29.2 Å². The van der Waals surface area contributed by atoms with E-state index < -0.39 is 17.5 Å². The van der Waals surface area contributed by atoms with Crippen LogP contribution >= 0.6 is 11.6 Å². The maximum Gasteiger partial charge on any atom is 0.359 e. The van der Waals surface area contributed by atoms with Crippen LogP contribution in [0.2, 0.25) is 5.02 Å². The highest BCUT2D eigenvalue weighted by atomic mass is 35.5. The number of amides is 1. The summed E-state index contributed by atoms with van der Waals surface area (Å²) in [6, 6.07) is 14.9. The minimum absolute atomic E-state index is 0.0666. The van der Waals surface area contributed by atoms with Gasteiger partial charge in [0.2, 0.25) is 0 Å². The maximum absolute atomic E-state index is 13.5. The summed E-state index contributed by atoms with van der Waals surface area (Å²) >= 11 is 6.12. The molecule has 1 amide bonds. The monoisotopic (exact) mass is 506 g/mol. The van der Waals surface area contributed by atoms with Gasteiger partial charge in [-0.2, -0.15) is 0 Å². The lowest BCUT2D eigenvalue weighted by atomic mass is 10.0. The molecule has 4 rings (SSSR count). The minimum Gasteiger partial charge on any atom is -0.455 e. The fourth-order valence-corrected chi connectivity index (χ4v) is 4.11. The molecule has 1 N–H and O–H groups in total. The Bertz CT molecular complexity index is 1250. The van der Waals surface area contributed by atoms with Gasteiger partial charge >= 0.3 is 5.97 Å². The van der Waals surface area contributed by atoms with Gasteiger partial charge in [0.05, 0.1) is 11.4 Å². The fraction of sp³-hybridized carbons (Fsp3) is 0.357. The number of hydrazine groups is 1. The lowest BCUT2D eigenvalue weighted by molar-refractivity contribution is 0.00595. The molecular weight excluding hydrogens is 476 g/mol. The number of esters is 1. The Morgan fingerprint density at radius 3 is 1.94 bits per heavy atom. The predicted molar refractivity (Wildman–Crippen MR) is 141 cm³/mol. The summed E-state index contributed by atoms with van der Waals surface area (Å²) in [4.78, 5) is 36.2. The van der Waals surface area contributed by atoms with Crippen LogP contribution in [-0.4, -0.2) is 45.5 Å². The normalized spacial score (nSPS) is 14.4. The molecule has 1 aliphatic rings. The summed E-state index contributed by atoms with van der Waals surface area (Å²) in [5.41, 5.74) is 5.50. The first kappa shape index (κ1) is 25.8. The molecule has 0 atom stereocenters. The molecule has 0 unspecified atom stereocenters. The Morgan fingerprint density at radius 2 is 1.39 bits per heavy atom. The zero-order valence-electron chi connectivity index (χ0n) is 21.1. The average molecular weight is 507 g/mol. The largest absolute Gasteiger partial charge is 0.455 e.